The van der Waals surface area contributed by atoms with Gasteiger partial charge in [-0.2, -0.15) is 0 Å². The summed E-state index contributed by atoms with van der Waals surface area (Å²) in [4.78, 5) is 16.8. The molecule has 5 nitrogen and oxygen atoms in total. The van der Waals surface area contributed by atoms with Crippen molar-refractivity contribution in [3.05, 3.63) is 88.7 Å². The van der Waals surface area contributed by atoms with Gasteiger partial charge >= 0.3 is 0 Å². The minimum Gasteiger partial charge on any atom is -0.289 e. The highest BCUT2D eigenvalue weighted by molar-refractivity contribution is 9.08. The molecule has 1 heterocycles. The Balaban J connectivity index is 1.98. The van der Waals surface area contributed by atoms with Crippen LogP contribution >= 0.6 is 27.5 Å². The van der Waals surface area contributed by atoms with Gasteiger partial charge in [-0.15, -0.1) is 0 Å². The summed E-state index contributed by atoms with van der Waals surface area (Å²) in [7, 11) is -3.86. The SMILES string of the molecule is O=C(c1ccncc1)c1cc(Cl)ccc1NS(=O)(=O)c1ccc(CBr)cc1. The Morgan fingerprint density at radius 3 is 2.33 bits per heavy atom. The number of benzene rings is 2. The largest absolute Gasteiger partial charge is 0.289 e. The van der Waals surface area contributed by atoms with E-state index in [-0.39, 0.29) is 21.9 Å². The van der Waals surface area contributed by atoms with Crippen molar-refractivity contribution in [3.63, 3.8) is 0 Å². The van der Waals surface area contributed by atoms with Crippen LogP contribution in [-0.2, 0) is 15.4 Å². The molecule has 3 aromatic rings. The maximum atomic E-state index is 12.8. The van der Waals surface area contributed by atoms with E-state index in [0.29, 0.717) is 15.9 Å². The van der Waals surface area contributed by atoms with Crippen LogP contribution < -0.4 is 4.72 Å². The van der Waals surface area contributed by atoms with E-state index in [1.165, 1.54) is 42.7 Å². The molecule has 138 valence electrons. The van der Waals surface area contributed by atoms with E-state index in [2.05, 4.69) is 25.6 Å². The average Bonchev–Trinajstić information content (AvgIpc) is 2.69. The molecule has 0 saturated heterocycles. The molecule has 0 saturated carbocycles. The first kappa shape index (κ1) is 19.5. The van der Waals surface area contributed by atoms with Gasteiger partial charge in [0, 0.05) is 33.9 Å². The van der Waals surface area contributed by atoms with Gasteiger partial charge in [-0.05, 0) is 48.0 Å². The Kier molecular flexibility index (Phi) is 5.94. The highest BCUT2D eigenvalue weighted by Gasteiger charge is 2.20. The number of nitrogens with zero attached hydrogens (tertiary/aromatic N) is 1. The summed E-state index contributed by atoms with van der Waals surface area (Å²) in [5.41, 5.74) is 1.66. The van der Waals surface area contributed by atoms with E-state index in [9.17, 15) is 13.2 Å². The van der Waals surface area contributed by atoms with Gasteiger partial charge in [0.15, 0.2) is 5.78 Å². The van der Waals surface area contributed by atoms with Crippen LogP contribution in [0.4, 0.5) is 5.69 Å². The van der Waals surface area contributed by atoms with E-state index in [1.54, 1.807) is 24.3 Å². The minimum absolute atomic E-state index is 0.101. The first-order chi connectivity index (χ1) is 12.9. The van der Waals surface area contributed by atoms with Crippen molar-refractivity contribution >= 4 is 49.0 Å². The maximum Gasteiger partial charge on any atom is 0.261 e. The van der Waals surface area contributed by atoms with Crippen LogP contribution in [0, 0.1) is 0 Å². The van der Waals surface area contributed by atoms with Crippen LogP contribution in [0.1, 0.15) is 21.5 Å². The van der Waals surface area contributed by atoms with Crippen molar-refractivity contribution in [2.24, 2.45) is 0 Å². The lowest BCUT2D eigenvalue weighted by Gasteiger charge is -2.13. The number of ketones is 1. The zero-order valence-corrected chi connectivity index (χ0v) is 17.1. The molecule has 0 bridgehead atoms. The Labute approximate surface area is 170 Å². The number of aromatic nitrogens is 1. The molecule has 0 radical (unpaired) electrons. The van der Waals surface area contributed by atoms with E-state index in [0.717, 1.165) is 5.56 Å². The molecule has 8 heteroatoms. The van der Waals surface area contributed by atoms with Crippen molar-refractivity contribution in [2.45, 2.75) is 10.2 Å². The van der Waals surface area contributed by atoms with Gasteiger partial charge in [-0.25, -0.2) is 8.42 Å². The topological polar surface area (TPSA) is 76.1 Å². The summed E-state index contributed by atoms with van der Waals surface area (Å²) >= 11 is 9.34. The summed E-state index contributed by atoms with van der Waals surface area (Å²) in [5, 5.41) is 0.958. The quantitative estimate of drug-likeness (QED) is 0.424. The van der Waals surface area contributed by atoms with Gasteiger partial charge in [0.2, 0.25) is 0 Å². The third-order valence-corrected chi connectivity index (χ3v) is 6.07. The lowest BCUT2D eigenvalue weighted by Crippen LogP contribution is -2.16. The number of pyridine rings is 1. The zero-order chi connectivity index (χ0) is 19.4. The molecule has 0 aliphatic carbocycles. The van der Waals surface area contributed by atoms with Gasteiger partial charge in [0.25, 0.3) is 10.0 Å². The predicted octanol–water partition coefficient (Wildman–Crippen LogP) is 4.66. The molecule has 0 fully saturated rings. The van der Waals surface area contributed by atoms with Gasteiger partial charge in [0.05, 0.1) is 10.6 Å². The van der Waals surface area contributed by atoms with Crippen LogP contribution in [0.3, 0.4) is 0 Å². The number of hydrogen-bond donors (Lipinski definition) is 1. The number of halogens is 2. The number of carbonyl (C=O) groups is 1. The van der Waals surface area contributed by atoms with Gasteiger partial charge in [-0.3, -0.25) is 14.5 Å². The Morgan fingerprint density at radius 1 is 1.04 bits per heavy atom. The molecule has 2 aromatic carbocycles. The molecule has 0 spiro atoms. The Morgan fingerprint density at radius 2 is 1.70 bits per heavy atom. The molecular formula is C19H14BrClN2O3S. The molecule has 0 atom stereocenters. The van der Waals surface area contributed by atoms with Gasteiger partial charge in [-0.1, -0.05) is 39.7 Å². The molecule has 0 aliphatic heterocycles. The molecule has 0 unspecified atom stereocenters. The molecule has 0 amide bonds. The number of alkyl halides is 1. The highest BCUT2D eigenvalue weighted by atomic mass is 79.9. The fraction of sp³-hybridized carbons (Fsp3) is 0.0526. The molecule has 0 aliphatic rings. The maximum absolute atomic E-state index is 12.8. The van der Waals surface area contributed by atoms with Crippen LogP contribution in [0.2, 0.25) is 5.02 Å². The number of carbonyl (C=O) groups excluding carboxylic acids is 1. The molecular weight excluding hydrogens is 452 g/mol. The van der Waals surface area contributed by atoms with Crippen molar-refractivity contribution in [1.82, 2.24) is 4.98 Å². The van der Waals surface area contributed by atoms with Crippen molar-refractivity contribution in [2.75, 3.05) is 4.72 Å². The second-order valence-corrected chi connectivity index (χ2v) is 8.32. The van der Waals surface area contributed by atoms with E-state index in [4.69, 9.17) is 11.6 Å². The summed E-state index contributed by atoms with van der Waals surface area (Å²) in [6.07, 6.45) is 2.99. The highest BCUT2D eigenvalue weighted by Crippen LogP contribution is 2.26. The van der Waals surface area contributed by atoms with Crippen molar-refractivity contribution in [3.8, 4) is 0 Å². The third-order valence-electron chi connectivity index (χ3n) is 3.80. The lowest BCUT2D eigenvalue weighted by atomic mass is 10.0. The Bertz CT molecular complexity index is 1070. The normalized spacial score (nSPS) is 11.2. The smallest absolute Gasteiger partial charge is 0.261 e. The van der Waals surface area contributed by atoms with Crippen LogP contribution in [-0.4, -0.2) is 19.2 Å². The van der Waals surface area contributed by atoms with E-state index >= 15 is 0 Å². The number of nitrogens with one attached hydrogen (secondary N) is 1. The first-order valence-electron chi connectivity index (χ1n) is 7.83. The number of sulfonamides is 1. The van der Waals surface area contributed by atoms with Crippen LogP contribution in [0.5, 0.6) is 0 Å². The predicted molar refractivity (Wildman–Crippen MR) is 109 cm³/mol. The van der Waals surface area contributed by atoms with Gasteiger partial charge in [0.1, 0.15) is 0 Å². The third kappa shape index (κ3) is 4.55. The Hall–Kier alpha value is -2.22. The number of anilines is 1. The van der Waals surface area contributed by atoms with Gasteiger partial charge < -0.3 is 0 Å². The second-order valence-electron chi connectivity index (χ2n) is 5.64. The standard InChI is InChI=1S/C19H14BrClN2O3S/c20-12-13-1-4-16(5-2-13)27(25,26)23-18-6-3-15(21)11-17(18)19(24)14-7-9-22-10-8-14/h1-11,23H,12H2. The lowest BCUT2D eigenvalue weighted by molar-refractivity contribution is 0.103. The summed E-state index contributed by atoms with van der Waals surface area (Å²) in [5.74, 6) is -0.354. The number of hydrogen-bond acceptors (Lipinski definition) is 4. The second kappa shape index (κ2) is 8.21. The molecule has 27 heavy (non-hydrogen) atoms. The summed E-state index contributed by atoms with van der Waals surface area (Å²) < 4.78 is 27.9. The van der Waals surface area contributed by atoms with Crippen molar-refractivity contribution < 1.29 is 13.2 Å². The average molecular weight is 466 g/mol. The molecule has 1 N–H and O–H groups in total. The summed E-state index contributed by atoms with van der Waals surface area (Å²) in [6, 6.07) is 14.0. The van der Waals surface area contributed by atoms with E-state index < -0.39 is 10.0 Å². The minimum atomic E-state index is -3.86. The van der Waals surface area contributed by atoms with Crippen LogP contribution in [0.15, 0.2) is 71.9 Å². The monoisotopic (exact) mass is 464 g/mol. The van der Waals surface area contributed by atoms with E-state index in [1.807, 2.05) is 0 Å². The molecule has 3 rings (SSSR count). The zero-order valence-electron chi connectivity index (χ0n) is 13.9. The fourth-order valence-corrected chi connectivity index (χ4v) is 4.04. The summed E-state index contributed by atoms with van der Waals surface area (Å²) in [6.45, 7) is 0. The fourth-order valence-electron chi connectivity index (χ4n) is 2.41. The van der Waals surface area contributed by atoms with Crippen LogP contribution in [0.25, 0.3) is 0 Å². The number of rotatable bonds is 6. The molecule has 1 aromatic heterocycles. The first-order valence-corrected chi connectivity index (χ1v) is 10.8. The van der Waals surface area contributed by atoms with Crippen molar-refractivity contribution in [1.29, 1.82) is 0 Å².